The summed E-state index contributed by atoms with van der Waals surface area (Å²) < 4.78 is 30.9. The van der Waals surface area contributed by atoms with Gasteiger partial charge in [-0.1, -0.05) is 0 Å². The quantitative estimate of drug-likeness (QED) is 0.744. The van der Waals surface area contributed by atoms with Gasteiger partial charge < -0.3 is 15.5 Å². The first-order chi connectivity index (χ1) is 11.3. The molecule has 126 valence electrons. The molecular weight excluding hydrogens is 332 g/mol. The van der Waals surface area contributed by atoms with Gasteiger partial charge in [0.05, 0.1) is 22.5 Å². The molecule has 3 rings (SSSR count). The van der Waals surface area contributed by atoms with Crippen LogP contribution in [-0.4, -0.2) is 28.5 Å². The number of rotatable bonds is 4. The van der Waals surface area contributed by atoms with Crippen LogP contribution < -0.4 is 11.1 Å². The molecule has 0 aliphatic rings. The van der Waals surface area contributed by atoms with Gasteiger partial charge >= 0.3 is 0 Å². The minimum Gasteiger partial charge on any atom is -0.459 e. The highest BCUT2D eigenvalue weighted by molar-refractivity contribution is 7.90. The second kappa shape index (κ2) is 5.68. The van der Waals surface area contributed by atoms with Crippen LogP contribution in [0.1, 0.15) is 24.4 Å². The molecule has 0 atom stereocenters. The molecule has 8 nitrogen and oxygen atoms in total. The van der Waals surface area contributed by atoms with Gasteiger partial charge in [-0.2, -0.15) is 0 Å². The van der Waals surface area contributed by atoms with Gasteiger partial charge in [-0.3, -0.25) is 4.79 Å². The van der Waals surface area contributed by atoms with Gasteiger partial charge in [0.15, 0.2) is 5.76 Å². The first-order valence-corrected chi connectivity index (χ1v) is 8.68. The van der Waals surface area contributed by atoms with E-state index in [1.165, 1.54) is 12.3 Å². The van der Waals surface area contributed by atoms with E-state index in [2.05, 4.69) is 10.3 Å². The van der Waals surface area contributed by atoms with Crippen molar-refractivity contribution in [2.45, 2.75) is 19.1 Å². The number of nitrogens with zero attached hydrogens (tertiary/aromatic N) is 2. The number of fused-ring (bicyclic) bond motifs is 1. The van der Waals surface area contributed by atoms with Crippen LogP contribution in [0.25, 0.3) is 11.0 Å². The maximum absolute atomic E-state index is 12.4. The van der Waals surface area contributed by atoms with Crippen molar-refractivity contribution in [1.82, 2.24) is 8.96 Å². The van der Waals surface area contributed by atoms with Crippen molar-refractivity contribution >= 4 is 38.6 Å². The van der Waals surface area contributed by atoms with Crippen molar-refractivity contribution in [2.75, 3.05) is 11.1 Å². The number of carbonyl (C=O) groups is 1. The number of anilines is 2. The Balaban J connectivity index is 2.01. The van der Waals surface area contributed by atoms with E-state index in [9.17, 15) is 13.2 Å². The molecule has 0 aliphatic carbocycles. The van der Waals surface area contributed by atoms with E-state index in [0.29, 0.717) is 16.7 Å². The zero-order valence-electron chi connectivity index (χ0n) is 13.1. The van der Waals surface area contributed by atoms with Crippen LogP contribution in [0, 0.1) is 0 Å². The number of hydrogen-bond acceptors (Lipinski definition) is 6. The Labute approximate surface area is 138 Å². The molecule has 24 heavy (non-hydrogen) atoms. The maximum atomic E-state index is 12.4. The lowest BCUT2D eigenvalue weighted by atomic mass is 10.2. The average molecular weight is 348 g/mol. The summed E-state index contributed by atoms with van der Waals surface area (Å²) in [6, 6.07) is 7.83. The highest BCUT2D eigenvalue weighted by Gasteiger charge is 2.24. The Kier molecular flexibility index (Phi) is 3.80. The average Bonchev–Trinajstić information content (AvgIpc) is 3.13. The minimum atomic E-state index is -3.64. The summed E-state index contributed by atoms with van der Waals surface area (Å²) in [5.74, 6) is -0.364. The second-order valence-electron chi connectivity index (χ2n) is 5.46. The van der Waals surface area contributed by atoms with Crippen LogP contribution in [0.15, 0.2) is 41.0 Å². The molecule has 3 N–H and O–H groups in total. The molecule has 0 saturated carbocycles. The number of nitrogens with two attached hydrogens (primary N) is 1. The first kappa shape index (κ1) is 16.1. The van der Waals surface area contributed by atoms with Crippen LogP contribution in [0.3, 0.4) is 0 Å². The normalized spacial score (nSPS) is 12.0. The lowest BCUT2D eigenvalue weighted by molar-refractivity contribution is 0.0996. The molecule has 3 aromatic rings. The van der Waals surface area contributed by atoms with Gasteiger partial charge in [0.1, 0.15) is 0 Å². The summed E-state index contributed by atoms with van der Waals surface area (Å²) in [6.07, 6.45) is 1.40. The van der Waals surface area contributed by atoms with E-state index in [1.807, 2.05) is 0 Å². The number of carbonyl (C=O) groups excluding carboxylic acids is 1. The SMILES string of the molecule is CC(C)S(=O)(=O)n1c(N)nc2cc(NC(=O)c3ccco3)ccc21. The Morgan fingerprint density at radius 1 is 1.33 bits per heavy atom. The zero-order valence-corrected chi connectivity index (χ0v) is 13.9. The summed E-state index contributed by atoms with van der Waals surface area (Å²) in [5, 5.41) is 2.01. The predicted molar refractivity (Wildman–Crippen MR) is 90.3 cm³/mol. The van der Waals surface area contributed by atoms with Gasteiger partial charge in [0, 0.05) is 5.69 Å². The molecule has 1 aromatic carbocycles. The number of hydrogen-bond donors (Lipinski definition) is 2. The molecular formula is C15H16N4O4S. The van der Waals surface area contributed by atoms with E-state index < -0.39 is 21.2 Å². The number of benzene rings is 1. The van der Waals surface area contributed by atoms with Crippen LogP contribution in [0.4, 0.5) is 11.6 Å². The van der Waals surface area contributed by atoms with Crippen LogP contribution >= 0.6 is 0 Å². The fourth-order valence-electron chi connectivity index (χ4n) is 2.23. The van der Waals surface area contributed by atoms with E-state index >= 15 is 0 Å². The van der Waals surface area contributed by atoms with Gasteiger partial charge in [-0.25, -0.2) is 17.4 Å². The standard InChI is InChI=1S/C15H16N4O4S/c1-9(2)24(21,22)19-12-6-5-10(8-11(12)18-15(19)16)17-14(20)13-4-3-7-23-13/h3-9H,1-2H3,(H2,16,18)(H,17,20). The van der Waals surface area contributed by atoms with E-state index in [0.717, 1.165) is 3.97 Å². The molecule has 0 fully saturated rings. The van der Waals surface area contributed by atoms with E-state index in [1.54, 1.807) is 38.1 Å². The second-order valence-corrected chi connectivity index (χ2v) is 7.80. The predicted octanol–water partition coefficient (Wildman–Crippen LogP) is 2.05. The fourth-order valence-corrected chi connectivity index (χ4v) is 3.39. The van der Waals surface area contributed by atoms with Crippen molar-refractivity contribution in [3.8, 4) is 0 Å². The van der Waals surface area contributed by atoms with Crippen LogP contribution in [0.2, 0.25) is 0 Å². The number of aromatic nitrogens is 2. The molecule has 0 spiro atoms. The van der Waals surface area contributed by atoms with Crippen molar-refractivity contribution < 1.29 is 17.6 Å². The Hall–Kier alpha value is -2.81. The van der Waals surface area contributed by atoms with Gasteiger partial charge in [0.2, 0.25) is 16.0 Å². The number of amides is 1. The summed E-state index contributed by atoms with van der Waals surface area (Å²) in [5.41, 5.74) is 6.96. The molecule has 0 saturated heterocycles. The number of imidazole rings is 1. The van der Waals surface area contributed by atoms with Crippen LogP contribution in [0.5, 0.6) is 0 Å². The van der Waals surface area contributed by atoms with E-state index in [4.69, 9.17) is 10.2 Å². The van der Waals surface area contributed by atoms with Crippen molar-refractivity contribution in [1.29, 1.82) is 0 Å². The van der Waals surface area contributed by atoms with Crippen molar-refractivity contribution in [2.24, 2.45) is 0 Å². The molecule has 2 heterocycles. The lowest BCUT2D eigenvalue weighted by Crippen LogP contribution is -2.23. The maximum Gasteiger partial charge on any atom is 0.291 e. The number of nitrogens with one attached hydrogen (secondary N) is 1. The summed E-state index contributed by atoms with van der Waals surface area (Å²) >= 11 is 0. The molecule has 0 bridgehead atoms. The van der Waals surface area contributed by atoms with E-state index in [-0.39, 0.29) is 11.7 Å². The van der Waals surface area contributed by atoms with Crippen molar-refractivity contribution in [3.63, 3.8) is 0 Å². The molecule has 1 amide bonds. The minimum absolute atomic E-state index is 0.117. The van der Waals surface area contributed by atoms with Gasteiger partial charge in [-0.05, 0) is 44.2 Å². The highest BCUT2D eigenvalue weighted by atomic mass is 32.2. The topological polar surface area (TPSA) is 120 Å². The smallest absolute Gasteiger partial charge is 0.291 e. The zero-order chi connectivity index (χ0) is 17.5. The summed E-state index contributed by atoms with van der Waals surface area (Å²) in [7, 11) is -3.64. The third-order valence-corrected chi connectivity index (χ3v) is 5.57. The molecule has 0 radical (unpaired) electrons. The lowest BCUT2D eigenvalue weighted by Gasteiger charge is -2.11. The summed E-state index contributed by atoms with van der Waals surface area (Å²) in [4.78, 5) is 16.1. The Morgan fingerprint density at radius 3 is 2.71 bits per heavy atom. The summed E-state index contributed by atoms with van der Waals surface area (Å²) in [6.45, 7) is 3.14. The molecule has 9 heteroatoms. The molecule has 2 aromatic heterocycles. The molecule has 0 unspecified atom stereocenters. The third-order valence-electron chi connectivity index (χ3n) is 3.49. The monoisotopic (exact) mass is 348 g/mol. The van der Waals surface area contributed by atoms with Crippen molar-refractivity contribution in [3.05, 3.63) is 42.4 Å². The Morgan fingerprint density at radius 2 is 2.08 bits per heavy atom. The largest absolute Gasteiger partial charge is 0.459 e. The Bertz CT molecular complexity index is 1000. The van der Waals surface area contributed by atoms with Crippen LogP contribution in [-0.2, 0) is 10.0 Å². The number of furan rings is 1. The van der Waals surface area contributed by atoms with Gasteiger partial charge in [0.25, 0.3) is 5.91 Å². The third kappa shape index (κ3) is 2.62. The van der Waals surface area contributed by atoms with Gasteiger partial charge in [-0.15, -0.1) is 0 Å². The number of nitrogen functional groups attached to an aromatic ring is 1. The molecule has 0 aliphatic heterocycles. The highest BCUT2D eigenvalue weighted by Crippen LogP contribution is 2.25. The first-order valence-electron chi connectivity index (χ1n) is 7.18. The fraction of sp³-hybridized carbons (Fsp3) is 0.200.